The minimum atomic E-state index is -0.539. The summed E-state index contributed by atoms with van der Waals surface area (Å²) in [6.07, 6.45) is 0. The van der Waals surface area contributed by atoms with Gasteiger partial charge in [-0.25, -0.2) is 4.68 Å². The lowest BCUT2D eigenvalue weighted by Gasteiger charge is -2.08. The van der Waals surface area contributed by atoms with E-state index in [4.69, 9.17) is 4.74 Å². The second-order valence-corrected chi connectivity index (χ2v) is 7.07. The fourth-order valence-corrected chi connectivity index (χ4v) is 3.47. The average Bonchev–Trinajstić information content (AvgIpc) is 3.44. The number of nitrogens with one attached hydrogen (secondary N) is 1. The fraction of sp³-hybridized carbons (Fsp3) is 0.0500. The van der Waals surface area contributed by atoms with Gasteiger partial charge in [0, 0.05) is 23.4 Å². The third-order valence-corrected chi connectivity index (χ3v) is 5.07. The van der Waals surface area contributed by atoms with Gasteiger partial charge in [-0.2, -0.15) is 4.98 Å². The van der Waals surface area contributed by atoms with Crippen LogP contribution in [0, 0.1) is 10.1 Å². The molecule has 9 nitrogen and oxygen atoms in total. The van der Waals surface area contributed by atoms with Crippen LogP contribution in [-0.2, 0) is 0 Å². The van der Waals surface area contributed by atoms with Gasteiger partial charge in [-0.3, -0.25) is 14.9 Å². The number of amides is 1. The summed E-state index contributed by atoms with van der Waals surface area (Å²) in [4.78, 5) is 28.1. The molecule has 1 N–H and O–H groups in total. The number of rotatable bonds is 6. The van der Waals surface area contributed by atoms with Crippen molar-refractivity contribution in [3.63, 3.8) is 0 Å². The van der Waals surface area contributed by atoms with E-state index in [9.17, 15) is 14.9 Å². The largest absolute Gasteiger partial charge is 0.466 e. The molecule has 0 atom stereocenters. The highest BCUT2D eigenvalue weighted by Crippen LogP contribution is 2.27. The summed E-state index contributed by atoms with van der Waals surface area (Å²) in [5.74, 6) is 0.211. The number of anilines is 1. The average molecular weight is 421 g/mol. The Bertz CT molecular complexity index is 1200. The molecule has 2 aromatic heterocycles. The molecule has 10 heteroatoms. The van der Waals surface area contributed by atoms with Crippen LogP contribution in [0.2, 0.25) is 0 Å². The zero-order valence-corrected chi connectivity index (χ0v) is 16.5. The summed E-state index contributed by atoms with van der Waals surface area (Å²) in [7, 11) is 1.50. The second kappa shape index (κ2) is 8.13. The smallest absolute Gasteiger partial charge is 0.336 e. The predicted octanol–water partition coefficient (Wildman–Crippen LogP) is 4.16. The van der Waals surface area contributed by atoms with Crippen molar-refractivity contribution in [1.29, 1.82) is 0 Å². The molecule has 1 amide bonds. The molecule has 2 aromatic carbocycles. The highest BCUT2D eigenvalue weighted by atomic mass is 32.1. The van der Waals surface area contributed by atoms with E-state index < -0.39 is 10.8 Å². The van der Waals surface area contributed by atoms with Crippen molar-refractivity contribution in [1.82, 2.24) is 14.8 Å². The topological polar surface area (TPSA) is 112 Å². The normalized spacial score (nSPS) is 10.6. The van der Waals surface area contributed by atoms with Gasteiger partial charge in [-0.15, -0.1) is 16.4 Å². The zero-order chi connectivity index (χ0) is 21.1. The molecule has 2 heterocycles. The van der Waals surface area contributed by atoms with Crippen LogP contribution in [0.5, 0.6) is 6.01 Å². The minimum Gasteiger partial charge on any atom is -0.466 e. The number of nitro benzene ring substituents is 1. The summed E-state index contributed by atoms with van der Waals surface area (Å²) >= 11 is 1.54. The lowest BCUT2D eigenvalue weighted by molar-refractivity contribution is -0.384. The monoisotopic (exact) mass is 421 g/mol. The Morgan fingerprint density at radius 3 is 2.63 bits per heavy atom. The maximum absolute atomic E-state index is 12.4. The third-order valence-electron chi connectivity index (χ3n) is 4.20. The van der Waals surface area contributed by atoms with Crippen LogP contribution in [0.25, 0.3) is 16.4 Å². The van der Waals surface area contributed by atoms with Gasteiger partial charge in [-0.1, -0.05) is 12.1 Å². The molecule has 0 saturated heterocycles. The molecule has 4 rings (SSSR count). The van der Waals surface area contributed by atoms with Gasteiger partial charge in [0.1, 0.15) is 0 Å². The first-order valence-electron chi connectivity index (χ1n) is 8.76. The number of nitro groups is 1. The van der Waals surface area contributed by atoms with Crippen LogP contribution in [0.15, 0.2) is 66.0 Å². The number of ether oxygens (including phenoxy) is 1. The molecule has 0 aliphatic heterocycles. The Labute approximate surface area is 174 Å². The van der Waals surface area contributed by atoms with Crippen molar-refractivity contribution < 1.29 is 14.5 Å². The molecule has 0 radical (unpaired) electrons. The van der Waals surface area contributed by atoms with Crippen molar-refractivity contribution >= 4 is 28.6 Å². The Kier molecular flexibility index (Phi) is 5.22. The van der Waals surface area contributed by atoms with E-state index in [1.807, 2.05) is 17.5 Å². The van der Waals surface area contributed by atoms with Crippen LogP contribution in [0.1, 0.15) is 10.4 Å². The van der Waals surface area contributed by atoms with Crippen molar-refractivity contribution in [2.24, 2.45) is 0 Å². The number of benzene rings is 2. The maximum Gasteiger partial charge on any atom is 0.336 e. The molecule has 0 bridgehead atoms. The standard InChI is InChI=1S/C20H15N5O4S/c1-29-20-22-18(17-6-3-11-30-17)24(23-20)15-9-7-14(8-10-15)21-19(26)13-4-2-5-16(12-13)25(27)28/h2-12H,1H3,(H,21,26). The Hall–Kier alpha value is -4.05. The SMILES string of the molecule is COc1nc(-c2cccs2)n(-c2ccc(NC(=O)c3cccc([N+](=O)[O-])c3)cc2)n1. The van der Waals surface area contributed by atoms with Crippen molar-refractivity contribution in [3.05, 3.63) is 81.7 Å². The molecule has 4 aromatic rings. The molecule has 0 aliphatic carbocycles. The molecular weight excluding hydrogens is 406 g/mol. The van der Waals surface area contributed by atoms with Gasteiger partial charge in [0.2, 0.25) is 0 Å². The first-order valence-corrected chi connectivity index (χ1v) is 9.64. The number of non-ortho nitro benzene ring substituents is 1. The van der Waals surface area contributed by atoms with E-state index in [1.165, 1.54) is 42.7 Å². The van der Waals surface area contributed by atoms with Crippen molar-refractivity contribution in [3.8, 4) is 22.4 Å². The van der Waals surface area contributed by atoms with Crippen LogP contribution in [-0.4, -0.2) is 32.7 Å². The van der Waals surface area contributed by atoms with E-state index in [1.54, 1.807) is 28.9 Å². The Morgan fingerprint density at radius 2 is 1.97 bits per heavy atom. The summed E-state index contributed by atoms with van der Waals surface area (Å²) in [6.45, 7) is 0. The number of carbonyl (C=O) groups excluding carboxylic acids is 1. The molecule has 30 heavy (non-hydrogen) atoms. The second-order valence-electron chi connectivity index (χ2n) is 6.12. The number of nitrogens with zero attached hydrogens (tertiary/aromatic N) is 4. The van der Waals surface area contributed by atoms with Gasteiger partial charge in [-0.05, 0) is 41.8 Å². The van der Waals surface area contributed by atoms with Gasteiger partial charge >= 0.3 is 6.01 Å². The number of hydrogen-bond donors (Lipinski definition) is 1. The fourth-order valence-electron chi connectivity index (χ4n) is 2.77. The molecule has 0 aliphatic rings. The molecule has 0 spiro atoms. The summed E-state index contributed by atoms with van der Waals surface area (Å²) in [6, 6.07) is 16.7. The lowest BCUT2D eigenvalue weighted by Crippen LogP contribution is -2.12. The highest BCUT2D eigenvalue weighted by Gasteiger charge is 2.16. The molecular formula is C20H15N5O4S. The summed E-state index contributed by atoms with van der Waals surface area (Å²) < 4.78 is 6.83. The first kappa shape index (κ1) is 19.3. The quantitative estimate of drug-likeness (QED) is 0.369. The van der Waals surface area contributed by atoms with E-state index in [0.29, 0.717) is 11.5 Å². The number of thiophene rings is 1. The number of methoxy groups -OCH3 is 1. The van der Waals surface area contributed by atoms with Gasteiger partial charge in [0.05, 0.1) is 22.6 Å². The van der Waals surface area contributed by atoms with E-state index in [2.05, 4.69) is 15.4 Å². The first-order chi connectivity index (χ1) is 14.5. The third kappa shape index (κ3) is 3.89. The highest BCUT2D eigenvalue weighted by molar-refractivity contribution is 7.13. The van der Waals surface area contributed by atoms with Gasteiger partial charge < -0.3 is 10.1 Å². The summed E-state index contributed by atoms with van der Waals surface area (Å²) in [5.41, 5.74) is 1.34. The van der Waals surface area contributed by atoms with Crippen LogP contribution < -0.4 is 10.1 Å². The van der Waals surface area contributed by atoms with Crippen molar-refractivity contribution in [2.45, 2.75) is 0 Å². The minimum absolute atomic E-state index is 0.140. The van der Waals surface area contributed by atoms with Crippen LogP contribution in [0.4, 0.5) is 11.4 Å². The van der Waals surface area contributed by atoms with Gasteiger partial charge in [0.25, 0.3) is 11.6 Å². The van der Waals surface area contributed by atoms with E-state index in [0.717, 1.165) is 10.6 Å². The molecule has 0 saturated carbocycles. The van der Waals surface area contributed by atoms with Gasteiger partial charge in [0.15, 0.2) is 5.82 Å². The Morgan fingerprint density at radius 1 is 1.17 bits per heavy atom. The summed E-state index contributed by atoms with van der Waals surface area (Å²) in [5, 5.41) is 19.9. The number of aromatic nitrogens is 3. The molecule has 150 valence electrons. The maximum atomic E-state index is 12.4. The van der Waals surface area contributed by atoms with E-state index in [-0.39, 0.29) is 17.3 Å². The zero-order valence-electron chi connectivity index (χ0n) is 15.7. The Balaban J connectivity index is 1.57. The molecule has 0 fully saturated rings. The van der Waals surface area contributed by atoms with Crippen molar-refractivity contribution in [2.75, 3.05) is 12.4 Å². The number of hydrogen-bond acceptors (Lipinski definition) is 7. The van der Waals surface area contributed by atoms with E-state index >= 15 is 0 Å². The van der Waals surface area contributed by atoms with Crippen LogP contribution in [0.3, 0.4) is 0 Å². The molecule has 0 unspecified atom stereocenters. The lowest BCUT2D eigenvalue weighted by atomic mass is 10.2. The number of carbonyl (C=O) groups is 1. The predicted molar refractivity (Wildman–Crippen MR) is 112 cm³/mol. The van der Waals surface area contributed by atoms with Crippen LogP contribution >= 0.6 is 11.3 Å².